The number of benzene rings is 1. The largest absolute Gasteiger partial charge is 0.598 e. The minimum absolute atomic E-state index is 0.0790. The van der Waals surface area contributed by atoms with Crippen molar-refractivity contribution in [3.05, 3.63) is 23.8 Å². The van der Waals surface area contributed by atoms with E-state index >= 15 is 0 Å². The summed E-state index contributed by atoms with van der Waals surface area (Å²) in [6.45, 7) is 8.54. The smallest absolute Gasteiger partial charge is 0.307 e. The van der Waals surface area contributed by atoms with Crippen LogP contribution in [-0.2, 0) is 26.4 Å². The van der Waals surface area contributed by atoms with E-state index in [2.05, 4.69) is 4.72 Å². The maximum Gasteiger partial charge on any atom is 0.307 e. The van der Waals surface area contributed by atoms with Crippen molar-refractivity contribution in [2.24, 2.45) is 0 Å². The number of ether oxygens (including phenoxy) is 3. The fourth-order valence-electron chi connectivity index (χ4n) is 2.72. The number of hydrogen-bond acceptors (Lipinski definition) is 6. The van der Waals surface area contributed by atoms with Gasteiger partial charge in [-0.2, -0.15) is 0 Å². The lowest BCUT2D eigenvalue weighted by Crippen LogP contribution is -2.54. The van der Waals surface area contributed by atoms with E-state index in [1.807, 2.05) is 45.9 Å². The van der Waals surface area contributed by atoms with Crippen LogP contribution in [0, 0.1) is 0 Å². The van der Waals surface area contributed by atoms with E-state index in [1.54, 1.807) is 0 Å². The quantitative estimate of drug-likeness (QED) is 0.613. The Hall–Kier alpha value is -1.44. The molecule has 0 amide bonds. The van der Waals surface area contributed by atoms with E-state index in [0.29, 0.717) is 31.1 Å². The van der Waals surface area contributed by atoms with Crippen molar-refractivity contribution in [3.63, 3.8) is 0 Å². The zero-order valence-electron chi connectivity index (χ0n) is 15.5. The van der Waals surface area contributed by atoms with E-state index in [9.17, 15) is 9.35 Å². The van der Waals surface area contributed by atoms with Crippen molar-refractivity contribution in [3.8, 4) is 11.5 Å². The molecule has 0 spiro atoms. The maximum absolute atomic E-state index is 12.8. The lowest BCUT2D eigenvalue weighted by molar-refractivity contribution is -0.142. The third-order valence-electron chi connectivity index (χ3n) is 4.08. The summed E-state index contributed by atoms with van der Waals surface area (Å²) in [5.41, 5.74) is -0.00554. The van der Waals surface area contributed by atoms with Crippen molar-refractivity contribution in [1.29, 1.82) is 0 Å². The highest BCUT2D eigenvalue weighted by Gasteiger charge is 2.46. The molecule has 0 aliphatic carbocycles. The fraction of sp³-hybridized carbons (Fsp3) is 0.611. The summed E-state index contributed by atoms with van der Waals surface area (Å²) in [6.07, 6.45) is 0.598. The molecule has 0 saturated heterocycles. The molecule has 0 bridgehead atoms. The first-order valence-corrected chi connectivity index (χ1v) is 9.53. The molecule has 0 unspecified atom stereocenters. The van der Waals surface area contributed by atoms with Crippen LogP contribution < -0.4 is 14.2 Å². The van der Waals surface area contributed by atoms with Crippen LogP contribution >= 0.6 is 0 Å². The number of carbonyl (C=O) groups is 1. The zero-order valence-corrected chi connectivity index (χ0v) is 16.3. The van der Waals surface area contributed by atoms with Crippen LogP contribution in [0.5, 0.6) is 11.5 Å². The molecule has 1 aromatic rings. The Labute approximate surface area is 152 Å². The van der Waals surface area contributed by atoms with E-state index in [4.69, 9.17) is 14.2 Å². The third kappa shape index (κ3) is 4.59. The molecule has 25 heavy (non-hydrogen) atoms. The molecular weight excluding hydrogens is 342 g/mol. The van der Waals surface area contributed by atoms with Gasteiger partial charge < -0.3 is 18.8 Å². The van der Waals surface area contributed by atoms with Gasteiger partial charge in [-0.15, -0.1) is 4.72 Å². The highest BCUT2D eigenvalue weighted by atomic mass is 32.2. The Bertz CT molecular complexity index is 616. The highest BCUT2D eigenvalue weighted by Crippen LogP contribution is 2.42. The number of rotatable bonds is 6. The van der Waals surface area contributed by atoms with Gasteiger partial charge in [-0.1, -0.05) is 0 Å². The highest BCUT2D eigenvalue weighted by molar-refractivity contribution is 7.90. The average Bonchev–Trinajstić information content (AvgIpc) is 2.54. The average molecular weight is 369 g/mol. The lowest BCUT2D eigenvalue weighted by Gasteiger charge is -2.40. The summed E-state index contributed by atoms with van der Waals surface area (Å²) in [6, 6.07) is 5.52. The van der Waals surface area contributed by atoms with Crippen molar-refractivity contribution >= 4 is 17.3 Å². The zero-order chi connectivity index (χ0) is 18.7. The van der Waals surface area contributed by atoms with Crippen molar-refractivity contribution < 1.29 is 23.6 Å². The monoisotopic (exact) mass is 369 g/mol. The molecule has 0 fully saturated rings. The van der Waals surface area contributed by atoms with Gasteiger partial charge in [0, 0.05) is 29.4 Å². The molecule has 1 heterocycles. The molecule has 0 radical (unpaired) electrons. The van der Waals surface area contributed by atoms with Crippen LogP contribution in [0.3, 0.4) is 0 Å². The molecule has 7 heteroatoms. The number of methoxy groups -OCH3 is 1. The first kappa shape index (κ1) is 19.9. The van der Waals surface area contributed by atoms with Gasteiger partial charge in [-0.3, -0.25) is 4.79 Å². The minimum atomic E-state index is -1.35. The summed E-state index contributed by atoms with van der Waals surface area (Å²) in [4.78, 5) is 12.1. The van der Waals surface area contributed by atoms with Gasteiger partial charge in [0.15, 0.2) is 0 Å². The second-order valence-electron chi connectivity index (χ2n) is 7.01. The molecule has 2 rings (SSSR count). The minimum Gasteiger partial charge on any atom is -0.598 e. The van der Waals surface area contributed by atoms with E-state index < -0.39 is 21.6 Å². The first-order valence-electron chi connectivity index (χ1n) is 8.38. The Balaban J connectivity index is 2.44. The summed E-state index contributed by atoms with van der Waals surface area (Å²) in [5.74, 6) is 0.978. The topological polar surface area (TPSA) is 79.9 Å². The standard InChI is InChI=1S/C18H27NO5S/c1-6-23-13-7-8-14-15(11-13)24-10-9-18(14,12-16(20)22-5)19-25(21)17(2,3)4/h7-8,11,19H,6,9-10,12H2,1-5H3/t18-,25+/m0/s1. The van der Waals surface area contributed by atoms with Crippen molar-refractivity contribution in [2.75, 3.05) is 20.3 Å². The summed E-state index contributed by atoms with van der Waals surface area (Å²) in [7, 11) is 1.36. The normalized spacial score (nSPS) is 21.0. The number of esters is 1. The van der Waals surface area contributed by atoms with Crippen LogP contribution in [0.15, 0.2) is 18.2 Å². The molecule has 0 saturated carbocycles. The number of fused-ring (bicyclic) bond motifs is 1. The van der Waals surface area contributed by atoms with E-state index in [1.165, 1.54) is 7.11 Å². The van der Waals surface area contributed by atoms with Gasteiger partial charge in [-0.25, -0.2) is 0 Å². The van der Waals surface area contributed by atoms with Gasteiger partial charge in [0.25, 0.3) is 0 Å². The Kier molecular flexibility index (Phi) is 6.24. The lowest BCUT2D eigenvalue weighted by atomic mass is 9.82. The van der Waals surface area contributed by atoms with E-state index in [0.717, 1.165) is 5.56 Å². The summed E-state index contributed by atoms with van der Waals surface area (Å²) >= 11 is -1.35. The van der Waals surface area contributed by atoms with Gasteiger partial charge >= 0.3 is 5.97 Å². The Morgan fingerprint density at radius 3 is 2.76 bits per heavy atom. The third-order valence-corrected chi connectivity index (χ3v) is 5.77. The van der Waals surface area contributed by atoms with Crippen LogP contribution in [0.2, 0.25) is 0 Å². The molecule has 1 aliphatic rings. The van der Waals surface area contributed by atoms with Gasteiger partial charge in [0.1, 0.15) is 21.8 Å². The fourth-order valence-corrected chi connectivity index (χ4v) is 3.66. The number of hydrogen-bond donors (Lipinski definition) is 1. The summed E-state index contributed by atoms with van der Waals surface area (Å²) in [5, 5.41) is 0. The predicted octanol–water partition coefficient (Wildman–Crippen LogP) is 2.68. The second kappa shape index (κ2) is 7.85. The Morgan fingerprint density at radius 1 is 1.44 bits per heavy atom. The van der Waals surface area contributed by atoms with Crippen molar-refractivity contribution in [1.82, 2.24) is 4.72 Å². The second-order valence-corrected chi connectivity index (χ2v) is 8.97. The SMILES string of the molecule is CCOc1ccc2c(c1)OCC[C@@]2(CC(=O)OC)N[S@+]([O-])C(C)(C)C. The Morgan fingerprint density at radius 2 is 2.16 bits per heavy atom. The van der Waals surface area contributed by atoms with Crippen molar-refractivity contribution in [2.45, 2.75) is 50.8 Å². The predicted molar refractivity (Wildman–Crippen MR) is 97.1 cm³/mol. The van der Waals surface area contributed by atoms with Crippen LogP contribution in [0.4, 0.5) is 0 Å². The molecule has 1 aromatic carbocycles. The number of carbonyl (C=O) groups excluding carboxylic acids is 1. The number of nitrogens with one attached hydrogen (secondary N) is 1. The van der Waals surface area contributed by atoms with Gasteiger partial charge in [0.2, 0.25) is 0 Å². The maximum atomic E-state index is 12.8. The van der Waals surface area contributed by atoms with Crippen LogP contribution in [0.1, 0.15) is 46.1 Å². The molecule has 0 aromatic heterocycles. The summed E-state index contributed by atoms with van der Waals surface area (Å²) < 4.78 is 31.7. The molecule has 6 nitrogen and oxygen atoms in total. The first-order chi connectivity index (χ1) is 11.7. The molecule has 1 N–H and O–H groups in total. The van der Waals surface area contributed by atoms with Crippen LogP contribution in [0.25, 0.3) is 0 Å². The molecule has 1 aliphatic heterocycles. The molecule has 2 atom stereocenters. The van der Waals surface area contributed by atoms with Gasteiger partial charge in [0.05, 0.1) is 26.7 Å². The van der Waals surface area contributed by atoms with E-state index in [-0.39, 0.29) is 12.4 Å². The molecule has 140 valence electrons. The van der Waals surface area contributed by atoms with Gasteiger partial charge in [-0.05, 0) is 39.8 Å². The van der Waals surface area contributed by atoms with Crippen LogP contribution in [-0.4, -0.2) is 35.6 Å². The molecular formula is C18H27NO5S.